The number of carbonyl (C=O) groups excluding carboxylic acids is 1. The third-order valence-corrected chi connectivity index (χ3v) is 9.25. The van der Waals surface area contributed by atoms with E-state index in [0.29, 0.717) is 28.8 Å². The van der Waals surface area contributed by atoms with Crippen molar-refractivity contribution in [2.45, 2.75) is 50.3 Å². The highest BCUT2D eigenvalue weighted by Crippen LogP contribution is 2.28. The molecule has 0 saturated carbocycles. The average molecular weight is 524 g/mol. The lowest BCUT2D eigenvalue weighted by atomic mass is 10.1. The highest BCUT2D eigenvalue weighted by atomic mass is 32.2. The van der Waals surface area contributed by atoms with Gasteiger partial charge in [-0.1, -0.05) is 38.0 Å². The molecule has 1 aliphatic rings. The van der Waals surface area contributed by atoms with Crippen LogP contribution in [-0.2, 0) is 27.7 Å². The highest BCUT2D eigenvalue weighted by Gasteiger charge is 2.25. The van der Waals surface area contributed by atoms with Gasteiger partial charge in [0.1, 0.15) is 5.58 Å². The van der Waals surface area contributed by atoms with Crippen molar-refractivity contribution in [1.29, 1.82) is 0 Å². The van der Waals surface area contributed by atoms with Crippen molar-refractivity contribution in [3.8, 4) is 11.3 Å². The van der Waals surface area contributed by atoms with Crippen molar-refractivity contribution in [2.75, 3.05) is 18.4 Å². The largest absolute Gasteiger partial charge is 0.464 e. The first-order valence-corrected chi connectivity index (χ1v) is 14.6. The van der Waals surface area contributed by atoms with Gasteiger partial charge >= 0.3 is 0 Å². The summed E-state index contributed by atoms with van der Waals surface area (Å²) in [6, 6.07) is 12.9. The quantitative estimate of drug-likeness (QED) is 0.327. The molecule has 1 amide bonds. The van der Waals surface area contributed by atoms with Gasteiger partial charge < -0.3 is 9.73 Å². The number of thiazole rings is 1. The van der Waals surface area contributed by atoms with Gasteiger partial charge in [0, 0.05) is 35.0 Å². The second-order valence-corrected chi connectivity index (χ2v) is 11.8. The summed E-state index contributed by atoms with van der Waals surface area (Å²) in [7, 11) is -3.49. The molecule has 188 valence electrons. The van der Waals surface area contributed by atoms with Crippen molar-refractivity contribution in [1.82, 2.24) is 9.29 Å². The molecule has 3 heterocycles. The summed E-state index contributed by atoms with van der Waals surface area (Å²) >= 11 is 1.34. The summed E-state index contributed by atoms with van der Waals surface area (Å²) < 4.78 is 33.2. The standard InChI is InChI=1S/C27H29N3O4S2/c1-2-19-7-12-25-23(15-19)21(17-34-25)16-26(31)29-27-28-24(18-35-27)20-8-10-22(11-9-20)36(32,33)30-13-5-3-4-6-14-30/h7-12,15,17-18H,2-6,13-14,16H2,1H3,(H,28,29,31). The Bertz CT molecular complexity index is 1460. The fraction of sp³-hybridized carbons (Fsp3) is 0.333. The first-order valence-electron chi connectivity index (χ1n) is 12.3. The molecule has 0 radical (unpaired) electrons. The zero-order valence-electron chi connectivity index (χ0n) is 20.2. The van der Waals surface area contributed by atoms with E-state index in [2.05, 4.69) is 23.3 Å². The van der Waals surface area contributed by atoms with Crippen LogP contribution >= 0.6 is 11.3 Å². The molecule has 1 N–H and O–H groups in total. The first kappa shape index (κ1) is 24.7. The van der Waals surface area contributed by atoms with Gasteiger partial charge in [-0.25, -0.2) is 13.4 Å². The molecule has 0 aliphatic carbocycles. The Labute approximate surface area is 215 Å². The number of nitrogens with zero attached hydrogens (tertiary/aromatic N) is 2. The van der Waals surface area contributed by atoms with E-state index in [-0.39, 0.29) is 12.3 Å². The number of nitrogens with one attached hydrogen (secondary N) is 1. The molecule has 0 unspecified atom stereocenters. The number of carbonyl (C=O) groups is 1. The fourth-order valence-electron chi connectivity index (χ4n) is 4.51. The first-order chi connectivity index (χ1) is 17.4. The van der Waals surface area contributed by atoms with Gasteiger partial charge in [0.2, 0.25) is 15.9 Å². The lowest BCUT2D eigenvalue weighted by molar-refractivity contribution is -0.115. The maximum atomic E-state index is 13.0. The monoisotopic (exact) mass is 523 g/mol. The molecule has 2 aromatic heterocycles. The van der Waals surface area contributed by atoms with Crippen molar-refractivity contribution in [2.24, 2.45) is 0 Å². The number of sulfonamides is 1. The van der Waals surface area contributed by atoms with Crippen LogP contribution in [0.25, 0.3) is 22.2 Å². The third-order valence-electron chi connectivity index (χ3n) is 6.58. The summed E-state index contributed by atoms with van der Waals surface area (Å²) in [4.78, 5) is 17.5. The number of anilines is 1. The number of hydrogen-bond acceptors (Lipinski definition) is 6. The Morgan fingerprint density at radius 1 is 1.08 bits per heavy atom. The number of fused-ring (bicyclic) bond motifs is 1. The number of rotatable bonds is 7. The average Bonchev–Trinajstić information content (AvgIpc) is 3.40. The van der Waals surface area contributed by atoms with Crippen LogP contribution in [0.2, 0.25) is 0 Å². The molecule has 1 fully saturated rings. The van der Waals surface area contributed by atoms with E-state index in [4.69, 9.17) is 4.42 Å². The maximum Gasteiger partial charge on any atom is 0.243 e. The van der Waals surface area contributed by atoms with Gasteiger partial charge in [0.15, 0.2) is 5.13 Å². The van der Waals surface area contributed by atoms with Crippen LogP contribution in [0.1, 0.15) is 43.7 Å². The molecule has 1 saturated heterocycles. The van der Waals surface area contributed by atoms with Crippen molar-refractivity contribution < 1.29 is 17.6 Å². The zero-order chi connectivity index (χ0) is 25.1. The SMILES string of the molecule is CCc1ccc2occ(CC(=O)Nc3nc(-c4ccc(S(=O)(=O)N5CCCCCC5)cc4)cs3)c2c1. The van der Waals surface area contributed by atoms with E-state index < -0.39 is 10.0 Å². The molecule has 0 spiro atoms. The van der Waals surface area contributed by atoms with Crippen molar-refractivity contribution in [3.05, 3.63) is 65.2 Å². The summed E-state index contributed by atoms with van der Waals surface area (Å²) in [6.45, 7) is 3.25. The Kier molecular flexibility index (Phi) is 7.22. The van der Waals surface area contributed by atoms with Gasteiger partial charge in [-0.05, 0) is 49.1 Å². The third kappa shape index (κ3) is 5.23. The number of aromatic nitrogens is 1. The summed E-state index contributed by atoms with van der Waals surface area (Å²) in [5.74, 6) is -0.167. The normalized spacial score (nSPS) is 15.1. The van der Waals surface area contributed by atoms with Crippen LogP contribution < -0.4 is 5.32 Å². The number of furan rings is 1. The van der Waals surface area contributed by atoms with Crippen molar-refractivity contribution >= 4 is 43.4 Å². The zero-order valence-corrected chi connectivity index (χ0v) is 21.8. The second kappa shape index (κ2) is 10.5. The van der Waals surface area contributed by atoms with Gasteiger partial charge in [0.05, 0.1) is 23.3 Å². The van der Waals surface area contributed by atoms with E-state index in [1.54, 1.807) is 34.8 Å². The van der Waals surface area contributed by atoms with Gasteiger partial charge in [-0.2, -0.15) is 4.31 Å². The molecule has 0 bridgehead atoms. The molecule has 5 rings (SSSR count). The topological polar surface area (TPSA) is 92.5 Å². The Morgan fingerprint density at radius 2 is 1.83 bits per heavy atom. The van der Waals surface area contributed by atoms with Crippen LogP contribution in [0.3, 0.4) is 0 Å². The minimum atomic E-state index is -3.49. The van der Waals surface area contributed by atoms with Gasteiger partial charge in [0.25, 0.3) is 0 Å². The second-order valence-electron chi connectivity index (χ2n) is 9.05. The van der Waals surface area contributed by atoms with Crippen LogP contribution in [0.4, 0.5) is 5.13 Å². The number of hydrogen-bond donors (Lipinski definition) is 1. The Hall–Kier alpha value is -3.01. The lowest BCUT2D eigenvalue weighted by Gasteiger charge is -2.19. The molecule has 4 aromatic rings. The van der Waals surface area contributed by atoms with E-state index in [1.165, 1.54) is 16.9 Å². The Morgan fingerprint density at radius 3 is 2.56 bits per heavy atom. The molecular formula is C27H29N3O4S2. The number of benzene rings is 2. The number of aryl methyl sites for hydroxylation is 1. The predicted octanol–water partition coefficient (Wildman–Crippen LogP) is 5.86. The van der Waals surface area contributed by atoms with Crippen LogP contribution in [0, 0.1) is 0 Å². The highest BCUT2D eigenvalue weighted by molar-refractivity contribution is 7.89. The van der Waals surface area contributed by atoms with E-state index in [9.17, 15) is 13.2 Å². The maximum absolute atomic E-state index is 13.0. The lowest BCUT2D eigenvalue weighted by Crippen LogP contribution is -2.31. The molecule has 9 heteroatoms. The van der Waals surface area contributed by atoms with Crippen molar-refractivity contribution in [3.63, 3.8) is 0 Å². The molecular weight excluding hydrogens is 494 g/mol. The number of amides is 1. The summed E-state index contributed by atoms with van der Waals surface area (Å²) in [5, 5.41) is 6.18. The van der Waals surface area contributed by atoms with Crippen LogP contribution in [0.5, 0.6) is 0 Å². The summed E-state index contributed by atoms with van der Waals surface area (Å²) in [5.41, 5.74) is 4.30. The molecule has 2 aromatic carbocycles. The van der Waals surface area contributed by atoms with Crippen LogP contribution in [-0.4, -0.2) is 36.7 Å². The van der Waals surface area contributed by atoms with E-state index in [1.807, 2.05) is 17.5 Å². The molecule has 36 heavy (non-hydrogen) atoms. The van der Waals surface area contributed by atoms with Gasteiger partial charge in [-0.3, -0.25) is 4.79 Å². The molecule has 7 nitrogen and oxygen atoms in total. The molecule has 0 atom stereocenters. The van der Waals surface area contributed by atoms with E-state index >= 15 is 0 Å². The fourth-order valence-corrected chi connectivity index (χ4v) is 6.77. The Balaban J connectivity index is 1.25. The predicted molar refractivity (Wildman–Crippen MR) is 143 cm³/mol. The van der Waals surface area contributed by atoms with E-state index in [0.717, 1.165) is 54.2 Å². The van der Waals surface area contributed by atoms with Gasteiger partial charge in [-0.15, -0.1) is 11.3 Å². The summed E-state index contributed by atoms with van der Waals surface area (Å²) in [6.07, 6.45) is 6.71. The minimum absolute atomic E-state index is 0.167. The molecule has 1 aliphatic heterocycles. The minimum Gasteiger partial charge on any atom is -0.464 e. The smallest absolute Gasteiger partial charge is 0.243 e. The van der Waals surface area contributed by atoms with Crippen LogP contribution in [0.15, 0.2) is 63.4 Å².